The van der Waals surface area contributed by atoms with Crippen LogP contribution in [0.3, 0.4) is 0 Å². The van der Waals surface area contributed by atoms with E-state index >= 15 is 0 Å². The fraction of sp³-hybridized carbons (Fsp3) is 0.565. The van der Waals surface area contributed by atoms with Crippen LogP contribution in [0.2, 0.25) is 5.02 Å². The van der Waals surface area contributed by atoms with Crippen LogP contribution in [0, 0.1) is 6.92 Å². The van der Waals surface area contributed by atoms with Crippen LogP contribution < -0.4 is 4.90 Å². The highest BCUT2D eigenvalue weighted by Gasteiger charge is 2.38. The van der Waals surface area contributed by atoms with E-state index < -0.39 is 12.1 Å². The first kappa shape index (κ1) is 27.1. The highest BCUT2D eigenvalue weighted by Crippen LogP contribution is 2.26. The number of aryl methyl sites for hydroxylation is 1. The number of carboxylic acid groups (broad SMARTS) is 1. The zero-order valence-corrected chi connectivity index (χ0v) is 20.3. The van der Waals surface area contributed by atoms with Crippen molar-refractivity contribution >= 4 is 23.5 Å². The maximum atomic E-state index is 10.6. The Morgan fingerprint density at radius 2 is 1.83 bits per heavy atom. The number of aromatic nitrogens is 3. The molecular weight excluding hydrogens is 487 g/mol. The lowest BCUT2D eigenvalue weighted by Crippen LogP contribution is -2.56. The molecule has 1 aromatic heterocycles. The molecule has 192 valence electrons. The Bertz CT molecular complexity index is 972. The maximum absolute atomic E-state index is 10.6. The molecule has 2 atom stereocenters. The van der Waals surface area contributed by atoms with Crippen molar-refractivity contribution in [3.05, 3.63) is 47.0 Å². The Labute approximate surface area is 207 Å². The molecule has 0 saturated carbocycles. The van der Waals surface area contributed by atoms with Gasteiger partial charge in [0, 0.05) is 36.7 Å². The van der Waals surface area contributed by atoms with Gasteiger partial charge in [-0.3, -0.25) is 4.90 Å². The summed E-state index contributed by atoms with van der Waals surface area (Å²) in [5, 5.41) is 7.91. The highest BCUT2D eigenvalue weighted by molar-refractivity contribution is 6.30. The number of halogens is 4. The summed E-state index contributed by atoms with van der Waals surface area (Å²) in [4.78, 5) is 26.8. The van der Waals surface area contributed by atoms with Crippen LogP contribution in [0.5, 0.6) is 0 Å². The highest BCUT2D eigenvalue weighted by atomic mass is 35.5. The van der Waals surface area contributed by atoms with Gasteiger partial charge in [-0.2, -0.15) is 18.2 Å². The third kappa shape index (κ3) is 8.01. The van der Waals surface area contributed by atoms with Crippen LogP contribution in [0.1, 0.15) is 31.2 Å². The largest absolute Gasteiger partial charge is 0.490 e. The number of rotatable bonds is 4. The van der Waals surface area contributed by atoms with E-state index in [-0.39, 0.29) is 6.10 Å². The topological polar surface area (TPSA) is 91.7 Å². The third-order valence-electron chi connectivity index (χ3n) is 6.03. The molecule has 12 heteroatoms. The van der Waals surface area contributed by atoms with Gasteiger partial charge in [-0.25, -0.2) is 14.8 Å². The number of alkyl halides is 3. The molecule has 0 aliphatic carbocycles. The summed E-state index contributed by atoms with van der Waals surface area (Å²) in [5.74, 6) is -1.18. The molecule has 35 heavy (non-hydrogen) atoms. The van der Waals surface area contributed by atoms with Crippen molar-refractivity contribution in [2.75, 3.05) is 31.1 Å². The molecule has 3 heterocycles. The molecule has 0 spiro atoms. The first-order valence-corrected chi connectivity index (χ1v) is 11.7. The zero-order chi connectivity index (χ0) is 25.6. The third-order valence-corrected chi connectivity index (χ3v) is 6.29. The molecule has 2 aliphatic rings. The van der Waals surface area contributed by atoms with Crippen LogP contribution >= 0.6 is 11.6 Å². The quantitative estimate of drug-likeness (QED) is 0.658. The Balaban J connectivity index is 0.000000429. The number of hydrogen-bond donors (Lipinski definition) is 1. The van der Waals surface area contributed by atoms with Gasteiger partial charge in [-0.15, -0.1) is 0 Å². The second-order valence-electron chi connectivity index (χ2n) is 8.68. The normalized spacial score (nSPS) is 21.8. The summed E-state index contributed by atoms with van der Waals surface area (Å²) >= 11 is 6.04. The van der Waals surface area contributed by atoms with Gasteiger partial charge in [0.25, 0.3) is 0 Å². The van der Waals surface area contributed by atoms with Gasteiger partial charge in [0.2, 0.25) is 5.95 Å². The summed E-state index contributed by atoms with van der Waals surface area (Å²) in [5.41, 5.74) is 1.32. The van der Waals surface area contributed by atoms with E-state index in [1.54, 1.807) is 6.33 Å². The Hall–Kier alpha value is -2.50. The molecule has 2 aromatic rings. The molecule has 2 aliphatic heterocycles. The van der Waals surface area contributed by atoms with Gasteiger partial charge in [0.15, 0.2) is 0 Å². The fourth-order valence-electron chi connectivity index (χ4n) is 4.30. The predicted molar refractivity (Wildman–Crippen MR) is 125 cm³/mol. The van der Waals surface area contributed by atoms with Gasteiger partial charge in [0.1, 0.15) is 12.2 Å². The smallest absolute Gasteiger partial charge is 0.475 e. The number of hydrogen-bond acceptors (Lipinski definition) is 7. The summed E-state index contributed by atoms with van der Waals surface area (Å²) in [6, 6.07) is 9.19. The lowest BCUT2D eigenvalue weighted by molar-refractivity contribution is -0.192. The van der Waals surface area contributed by atoms with E-state index in [9.17, 15) is 13.2 Å². The number of piperidine rings is 1. The van der Waals surface area contributed by atoms with Crippen molar-refractivity contribution in [1.29, 1.82) is 0 Å². The Morgan fingerprint density at radius 3 is 2.40 bits per heavy atom. The number of aliphatic carboxylic acids is 1. The number of morpholine rings is 1. The molecule has 0 radical (unpaired) electrons. The van der Waals surface area contributed by atoms with Gasteiger partial charge in [-0.1, -0.05) is 23.7 Å². The van der Waals surface area contributed by atoms with Crippen molar-refractivity contribution in [2.45, 2.75) is 57.5 Å². The van der Waals surface area contributed by atoms with Crippen LogP contribution in [0.15, 0.2) is 30.6 Å². The number of anilines is 1. The number of ether oxygens (including phenoxy) is 1. The van der Waals surface area contributed by atoms with E-state index in [0.717, 1.165) is 62.3 Å². The van der Waals surface area contributed by atoms with Gasteiger partial charge in [0.05, 0.1) is 12.7 Å². The minimum atomic E-state index is -5.08. The van der Waals surface area contributed by atoms with Crippen molar-refractivity contribution in [3.8, 4) is 0 Å². The first-order valence-electron chi connectivity index (χ1n) is 11.4. The maximum Gasteiger partial charge on any atom is 0.490 e. The second-order valence-corrected chi connectivity index (χ2v) is 9.12. The van der Waals surface area contributed by atoms with E-state index in [0.29, 0.717) is 12.1 Å². The molecule has 0 bridgehead atoms. The number of benzene rings is 1. The minimum absolute atomic E-state index is 0.283. The molecule has 1 aromatic carbocycles. The average molecular weight is 516 g/mol. The second kappa shape index (κ2) is 12.0. The lowest BCUT2D eigenvalue weighted by Gasteiger charge is -2.46. The summed E-state index contributed by atoms with van der Waals surface area (Å²) in [7, 11) is 0. The van der Waals surface area contributed by atoms with E-state index in [2.05, 4.69) is 43.8 Å². The molecule has 0 amide bonds. The predicted octanol–water partition coefficient (Wildman–Crippen LogP) is 3.77. The Morgan fingerprint density at radius 1 is 1.20 bits per heavy atom. The van der Waals surface area contributed by atoms with E-state index in [1.165, 1.54) is 5.56 Å². The standard InChI is InChI=1S/C21H28ClN5O.C2HF3O2/c1-15-12-27(20(13-28-15)11-17-3-5-18(22)6-4-17)19-7-9-26(10-8-19)21-24-14-23-16(2)25-21;3-2(4,5)1(6)7/h3-6,14-15,19-20H,7-13H2,1-2H3;(H,6,7)/t15-,20-;/m0./s1. The zero-order valence-electron chi connectivity index (χ0n) is 19.6. The Kier molecular flexibility index (Phi) is 9.26. The van der Waals surface area contributed by atoms with Gasteiger partial charge in [-0.05, 0) is 50.8 Å². The molecule has 0 unspecified atom stereocenters. The minimum Gasteiger partial charge on any atom is -0.475 e. The molecule has 4 rings (SSSR count). The number of carbonyl (C=O) groups is 1. The molecule has 8 nitrogen and oxygen atoms in total. The summed E-state index contributed by atoms with van der Waals surface area (Å²) < 4.78 is 37.7. The van der Waals surface area contributed by atoms with Gasteiger partial charge >= 0.3 is 12.1 Å². The molecule has 1 N–H and O–H groups in total. The SMILES string of the molecule is Cc1ncnc(N2CCC(N3C[C@H](C)OC[C@@H]3Cc3ccc(Cl)cc3)CC2)n1.O=C(O)C(F)(F)F. The molecule has 2 saturated heterocycles. The van der Waals surface area contributed by atoms with Crippen molar-refractivity contribution < 1.29 is 27.8 Å². The number of carboxylic acids is 1. The molecular formula is C23H29ClF3N5O3. The van der Waals surface area contributed by atoms with Crippen LogP contribution in [0.4, 0.5) is 19.1 Å². The summed E-state index contributed by atoms with van der Waals surface area (Å²) in [6.07, 6.45) is 0.0424. The van der Waals surface area contributed by atoms with Crippen LogP contribution in [-0.2, 0) is 16.0 Å². The van der Waals surface area contributed by atoms with Crippen LogP contribution in [-0.4, -0.2) is 81.5 Å². The van der Waals surface area contributed by atoms with Crippen molar-refractivity contribution in [1.82, 2.24) is 19.9 Å². The van der Waals surface area contributed by atoms with Crippen molar-refractivity contribution in [3.63, 3.8) is 0 Å². The summed E-state index contributed by atoms with van der Waals surface area (Å²) in [6.45, 7) is 7.83. The average Bonchev–Trinajstić information content (AvgIpc) is 2.81. The lowest BCUT2D eigenvalue weighted by atomic mass is 9.96. The van der Waals surface area contributed by atoms with Crippen LogP contribution in [0.25, 0.3) is 0 Å². The van der Waals surface area contributed by atoms with E-state index in [1.807, 2.05) is 19.1 Å². The molecule has 2 fully saturated rings. The first-order chi connectivity index (χ1) is 16.5. The van der Waals surface area contributed by atoms with E-state index in [4.69, 9.17) is 26.2 Å². The number of nitrogens with zero attached hydrogens (tertiary/aromatic N) is 5. The van der Waals surface area contributed by atoms with Gasteiger partial charge < -0.3 is 14.7 Å². The van der Waals surface area contributed by atoms with Crippen molar-refractivity contribution in [2.24, 2.45) is 0 Å². The monoisotopic (exact) mass is 515 g/mol. The fourth-order valence-corrected chi connectivity index (χ4v) is 4.43.